The van der Waals surface area contributed by atoms with E-state index < -0.39 is 6.10 Å². The van der Waals surface area contributed by atoms with Gasteiger partial charge in [-0.25, -0.2) is 0 Å². The van der Waals surface area contributed by atoms with Crippen molar-refractivity contribution >= 4 is 5.78 Å². The molecule has 20 heavy (non-hydrogen) atoms. The first-order chi connectivity index (χ1) is 9.74. The maximum Gasteiger partial charge on any atom is 0.203 e. The first-order valence-corrected chi connectivity index (χ1v) is 6.64. The minimum Gasteiger partial charge on any atom is -0.497 e. The van der Waals surface area contributed by atoms with Crippen molar-refractivity contribution in [2.75, 3.05) is 7.11 Å². The van der Waals surface area contributed by atoms with Crippen molar-refractivity contribution in [3.05, 3.63) is 60.2 Å². The van der Waals surface area contributed by atoms with Gasteiger partial charge in [-0.2, -0.15) is 0 Å². The minimum absolute atomic E-state index is 0.00378. The summed E-state index contributed by atoms with van der Waals surface area (Å²) >= 11 is 0. The van der Waals surface area contributed by atoms with Gasteiger partial charge in [-0.1, -0.05) is 43.3 Å². The van der Waals surface area contributed by atoms with E-state index in [4.69, 9.17) is 9.47 Å². The van der Waals surface area contributed by atoms with Crippen LogP contribution in [-0.2, 0) is 0 Å². The van der Waals surface area contributed by atoms with Crippen LogP contribution in [0.25, 0.3) is 0 Å². The Morgan fingerprint density at radius 2 is 1.75 bits per heavy atom. The van der Waals surface area contributed by atoms with Gasteiger partial charge in [-0.15, -0.1) is 0 Å². The van der Waals surface area contributed by atoms with Crippen LogP contribution in [0.2, 0.25) is 0 Å². The highest BCUT2D eigenvalue weighted by Crippen LogP contribution is 2.21. The molecule has 1 atom stereocenters. The molecular weight excluding hydrogens is 252 g/mol. The Morgan fingerprint density at radius 1 is 1.05 bits per heavy atom. The van der Waals surface area contributed by atoms with Gasteiger partial charge in [0.05, 0.1) is 7.11 Å². The second-order valence-electron chi connectivity index (χ2n) is 4.42. The molecule has 0 bridgehead atoms. The van der Waals surface area contributed by atoms with Crippen LogP contribution in [0.5, 0.6) is 11.5 Å². The third-order valence-electron chi connectivity index (χ3n) is 3.04. The molecule has 0 aliphatic heterocycles. The van der Waals surface area contributed by atoms with Crippen molar-refractivity contribution in [1.29, 1.82) is 0 Å². The zero-order chi connectivity index (χ0) is 14.4. The molecule has 0 radical (unpaired) electrons. The Balaban J connectivity index is 2.14. The van der Waals surface area contributed by atoms with Crippen molar-refractivity contribution in [3.63, 3.8) is 0 Å². The molecule has 0 saturated carbocycles. The van der Waals surface area contributed by atoms with Gasteiger partial charge in [0.15, 0.2) is 6.10 Å². The van der Waals surface area contributed by atoms with E-state index in [9.17, 15) is 4.79 Å². The predicted octanol–water partition coefficient (Wildman–Crippen LogP) is 3.74. The van der Waals surface area contributed by atoms with E-state index in [1.54, 1.807) is 25.3 Å². The number of Topliss-reactive ketones (excluding diaryl/α,β-unsaturated/α-hetero) is 1. The van der Waals surface area contributed by atoms with Gasteiger partial charge in [0, 0.05) is 11.6 Å². The van der Waals surface area contributed by atoms with Gasteiger partial charge >= 0.3 is 0 Å². The third-order valence-corrected chi connectivity index (χ3v) is 3.04. The van der Waals surface area contributed by atoms with Crippen LogP contribution in [0.4, 0.5) is 0 Å². The lowest BCUT2D eigenvalue weighted by molar-refractivity contribution is 0.0786. The monoisotopic (exact) mass is 270 g/mol. The van der Waals surface area contributed by atoms with Crippen molar-refractivity contribution < 1.29 is 14.3 Å². The van der Waals surface area contributed by atoms with Gasteiger partial charge in [0.25, 0.3) is 0 Å². The molecule has 0 spiro atoms. The summed E-state index contributed by atoms with van der Waals surface area (Å²) in [5.41, 5.74) is 0.669. The summed E-state index contributed by atoms with van der Waals surface area (Å²) in [7, 11) is 1.60. The molecule has 3 heteroatoms. The summed E-state index contributed by atoms with van der Waals surface area (Å²) in [5.74, 6) is 1.35. The maximum atomic E-state index is 12.4. The lowest BCUT2D eigenvalue weighted by Crippen LogP contribution is -2.26. The fourth-order valence-electron chi connectivity index (χ4n) is 1.95. The molecule has 2 aromatic rings. The van der Waals surface area contributed by atoms with E-state index in [-0.39, 0.29) is 5.78 Å². The Hall–Kier alpha value is -2.29. The molecule has 0 fully saturated rings. The summed E-state index contributed by atoms with van der Waals surface area (Å²) in [4.78, 5) is 12.4. The molecular formula is C17H18O3. The number of carbonyl (C=O) groups is 1. The summed E-state index contributed by atoms with van der Waals surface area (Å²) in [5, 5.41) is 0. The van der Waals surface area contributed by atoms with Gasteiger partial charge in [-0.05, 0) is 18.6 Å². The van der Waals surface area contributed by atoms with Gasteiger partial charge in [0.1, 0.15) is 11.5 Å². The Labute approximate surface area is 119 Å². The summed E-state index contributed by atoms with van der Waals surface area (Å²) in [6.07, 6.45) is 0.134. The number of carbonyl (C=O) groups excluding carboxylic acids is 1. The molecule has 2 rings (SSSR count). The van der Waals surface area contributed by atoms with E-state index >= 15 is 0 Å². The molecule has 0 N–H and O–H groups in total. The largest absolute Gasteiger partial charge is 0.497 e. The number of ether oxygens (including phenoxy) is 2. The molecule has 0 amide bonds. The minimum atomic E-state index is -0.482. The molecule has 0 saturated heterocycles. The van der Waals surface area contributed by atoms with Crippen LogP contribution < -0.4 is 9.47 Å². The van der Waals surface area contributed by atoms with E-state index in [1.165, 1.54) is 0 Å². The van der Waals surface area contributed by atoms with Crippen LogP contribution in [0.3, 0.4) is 0 Å². The van der Waals surface area contributed by atoms with E-state index in [0.717, 1.165) is 0 Å². The van der Waals surface area contributed by atoms with E-state index in [2.05, 4.69) is 0 Å². The van der Waals surface area contributed by atoms with Crippen LogP contribution in [0.1, 0.15) is 23.7 Å². The Bertz CT molecular complexity index is 563. The molecule has 0 aliphatic rings. The average Bonchev–Trinajstić information content (AvgIpc) is 2.53. The number of ketones is 1. The zero-order valence-electron chi connectivity index (χ0n) is 11.7. The predicted molar refractivity (Wildman–Crippen MR) is 78.5 cm³/mol. The molecule has 0 heterocycles. The lowest BCUT2D eigenvalue weighted by atomic mass is 10.0. The molecule has 0 aromatic heterocycles. The van der Waals surface area contributed by atoms with Crippen LogP contribution >= 0.6 is 0 Å². The Morgan fingerprint density at radius 3 is 2.40 bits per heavy atom. The first-order valence-electron chi connectivity index (χ1n) is 6.64. The van der Waals surface area contributed by atoms with Crippen LogP contribution in [0.15, 0.2) is 54.6 Å². The number of benzene rings is 2. The summed E-state index contributed by atoms with van der Waals surface area (Å²) in [6, 6.07) is 16.5. The smallest absolute Gasteiger partial charge is 0.203 e. The van der Waals surface area contributed by atoms with Gasteiger partial charge < -0.3 is 9.47 Å². The van der Waals surface area contributed by atoms with Crippen molar-refractivity contribution in [3.8, 4) is 11.5 Å². The summed E-state index contributed by atoms with van der Waals surface area (Å²) in [6.45, 7) is 1.94. The fourth-order valence-corrected chi connectivity index (χ4v) is 1.95. The van der Waals surface area contributed by atoms with E-state index in [0.29, 0.717) is 23.5 Å². The van der Waals surface area contributed by atoms with Crippen LogP contribution in [0, 0.1) is 0 Å². The topological polar surface area (TPSA) is 35.5 Å². The molecule has 104 valence electrons. The lowest BCUT2D eigenvalue weighted by Gasteiger charge is -2.17. The first kappa shape index (κ1) is 14.1. The van der Waals surface area contributed by atoms with Gasteiger partial charge in [0.2, 0.25) is 5.78 Å². The Kier molecular flexibility index (Phi) is 4.77. The van der Waals surface area contributed by atoms with Gasteiger partial charge in [-0.3, -0.25) is 4.79 Å². The van der Waals surface area contributed by atoms with Crippen molar-refractivity contribution in [2.45, 2.75) is 19.4 Å². The van der Waals surface area contributed by atoms with Crippen LogP contribution in [-0.4, -0.2) is 19.0 Å². The summed E-state index contributed by atoms with van der Waals surface area (Å²) < 4.78 is 10.9. The average molecular weight is 270 g/mol. The highest BCUT2D eigenvalue weighted by atomic mass is 16.5. The second kappa shape index (κ2) is 6.75. The highest BCUT2D eigenvalue weighted by molar-refractivity contribution is 5.99. The SMILES string of the molecule is CCC(Oc1cccc(OC)c1)C(=O)c1ccccc1. The third kappa shape index (κ3) is 3.38. The second-order valence-corrected chi connectivity index (χ2v) is 4.42. The fraction of sp³-hybridized carbons (Fsp3) is 0.235. The zero-order valence-corrected chi connectivity index (χ0v) is 11.7. The highest BCUT2D eigenvalue weighted by Gasteiger charge is 2.19. The maximum absolute atomic E-state index is 12.4. The number of rotatable bonds is 6. The molecule has 0 aliphatic carbocycles. The molecule has 2 aromatic carbocycles. The van der Waals surface area contributed by atoms with Crippen molar-refractivity contribution in [1.82, 2.24) is 0 Å². The number of hydrogen-bond acceptors (Lipinski definition) is 3. The van der Waals surface area contributed by atoms with E-state index in [1.807, 2.05) is 43.3 Å². The normalized spacial score (nSPS) is 11.7. The number of methoxy groups -OCH3 is 1. The quantitative estimate of drug-likeness (QED) is 0.750. The molecule has 3 nitrogen and oxygen atoms in total. The van der Waals surface area contributed by atoms with Crippen molar-refractivity contribution in [2.24, 2.45) is 0 Å². The number of hydrogen-bond donors (Lipinski definition) is 0. The standard InChI is InChI=1S/C17H18O3/c1-3-16(17(18)13-8-5-4-6-9-13)20-15-11-7-10-14(12-15)19-2/h4-12,16H,3H2,1-2H3. The molecule has 1 unspecified atom stereocenters.